The van der Waals surface area contributed by atoms with Crippen LogP contribution in [0.15, 0.2) is 12.1 Å². The maximum absolute atomic E-state index is 10.6. The van der Waals surface area contributed by atoms with Gasteiger partial charge in [0.15, 0.2) is 0 Å². The van der Waals surface area contributed by atoms with Crippen LogP contribution in [-0.2, 0) is 11.2 Å². The van der Waals surface area contributed by atoms with E-state index in [1.165, 1.54) is 54.6 Å². The second-order valence-corrected chi connectivity index (χ2v) is 9.28. The highest BCUT2D eigenvalue weighted by molar-refractivity contribution is 5.73. The summed E-state index contributed by atoms with van der Waals surface area (Å²) in [5.74, 6) is -0.905. The van der Waals surface area contributed by atoms with Gasteiger partial charge in [-0.05, 0) is 71.2 Å². The van der Waals surface area contributed by atoms with Gasteiger partial charge in [0.2, 0.25) is 5.95 Å². The number of anilines is 3. The van der Waals surface area contributed by atoms with Crippen molar-refractivity contribution in [3.8, 4) is 0 Å². The lowest BCUT2D eigenvalue weighted by molar-refractivity contribution is -0.192. The average molecular weight is 494 g/mol. The number of aryl methyl sites for hydroxylation is 4. The summed E-state index contributed by atoms with van der Waals surface area (Å²) in [5.41, 5.74) is 7.32. The van der Waals surface area contributed by atoms with Crippen LogP contribution in [0.1, 0.15) is 47.2 Å². The Kier molecular flexibility index (Phi) is 8.58. The van der Waals surface area contributed by atoms with Crippen molar-refractivity contribution in [2.24, 2.45) is 0 Å². The van der Waals surface area contributed by atoms with Crippen LogP contribution < -0.4 is 10.2 Å². The predicted octanol–water partition coefficient (Wildman–Crippen LogP) is 4.94. The average Bonchev–Trinajstić information content (AvgIpc) is 3.19. The Morgan fingerprint density at radius 1 is 1.00 bits per heavy atom. The van der Waals surface area contributed by atoms with Gasteiger partial charge in [-0.25, -0.2) is 9.78 Å². The fourth-order valence-electron chi connectivity index (χ4n) is 4.70. The largest absolute Gasteiger partial charge is 0.490 e. The van der Waals surface area contributed by atoms with Gasteiger partial charge in [0.25, 0.3) is 0 Å². The lowest BCUT2D eigenvalue weighted by Crippen LogP contribution is -2.37. The van der Waals surface area contributed by atoms with E-state index in [2.05, 4.69) is 54.9 Å². The van der Waals surface area contributed by atoms with Crippen molar-refractivity contribution in [2.45, 2.75) is 59.6 Å². The zero-order chi connectivity index (χ0) is 25.8. The number of nitrogens with one attached hydrogen (secondary N) is 1. The Hall–Kier alpha value is -2.88. The number of halogens is 3. The van der Waals surface area contributed by atoms with Gasteiger partial charge in [-0.3, -0.25) is 0 Å². The fraction of sp³-hybridized carbons (Fsp3) is 0.560. The quantitative estimate of drug-likeness (QED) is 0.611. The third-order valence-corrected chi connectivity index (χ3v) is 6.41. The van der Waals surface area contributed by atoms with E-state index in [4.69, 9.17) is 19.9 Å². The zero-order valence-corrected chi connectivity index (χ0v) is 20.8. The molecule has 0 bridgehead atoms. The fourth-order valence-corrected chi connectivity index (χ4v) is 4.70. The van der Waals surface area contributed by atoms with E-state index in [1.54, 1.807) is 0 Å². The lowest BCUT2D eigenvalue weighted by atomic mass is 10.1. The van der Waals surface area contributed by atoms with Crippen molar-refractivity contribution in [3.05, 3.63) is 40.1 Å². The molecule has 2 N–H and O–H groups in total. The molecule has 2 aromatic rings. The number of likely N-dealkylation sites (tertiary alicyclic amines) is 1. The number of nitrogens with zero attached hydrogens (tertiary/aromatic N) is 4. The summed E-state index contributed by atoms with van der Waals surface area (Å²) in [5, 5.41) is 10.6. The van der Waals surface area contributed by atoms with Crippen LogP contribution in [0, 0.1) is 27.7 Å². The van der Waals surface area contributed by atoms with Crippen molar-refractivity contribution >= 4 is 23.4 Å². The number of aliphatic carboxylic acids is 1. The number of hydrogen-bond acceptors (Lipinski definition) is 6. The van der Waals surface area contributed by atoms with E-state index in [1.807, 2.05) is 0 Å². The first-order valence-electron chi connectivity index (χ1n) is 12.0. The Morgan fingerprint density at radius 3 is 2.17 bits per heavy atom. The molecule has 3 heterocycles. The molecular weight excluding hydrogens is 459 g/mol. The third-order valence-electron chi connectivity index (χ3n) is 6.41. The molecule has 192 valence electrons. The highest BCUT2D eigenvalue weighted by Gasteiger charge is 2.38. The van der Waals surface area contributed by atoms with Crippen molar-refractivity contribution in [3.63, 3.8) is 0 Å². The summed E-state index contributed by atoms with van der Waals surface area (Å²) in [7, 11) is 0. The minimum Gasteiger partial charge on any atom is -0.475 e. The third kappa shape index (κ3) is 7.06. The molecule has 35 heavy (non-hydrogen) atoms. The number of benzene rings is 1. The first kappa shape index (κ1) is 26.7. The smallest absolute Gasteiger partial charge is 0.475 e. The van der Waals surface area contributed by atoms with Crippen LogP contribution in [-0.4, -0.2) is 64.8 Å². The normalized spacial score (nSPS) is 15.9. The molecule has 1 aromatic heterocycles. The van der Waals surface area contributed by atoms with E-state index in [0.717, 1.165) is 49.2 Å². The molecule has 2 aliphatic rings. The first-order valence-corrected chi connectivity index (χ1v) is 12.0. The number of fused-ring (bicyclic) bond motifs is 1. The molecule has 1 saturated heterocycles. The summed E-state index contributed by atoms with van der Waals surface area (Å²) >= 11 is 0. The van der Waals surface area contributed by atoms with Crippen LogP contribution >= 0.6 is 0 Å². The molecule has 7 nitrogen and oxygen atoms in total. The van der Waals surface area contributed by atoms with E-state index in [-0.39, 0.29) is 0 Å². The van der Waals surface area contributed by atoms with Crippen LogP contribution in [0.2, 0.25) is 0 Å². The van der Waals surface area contributed by atoms with Crippen LogP contribution in [0.5, 0.6) is 0 Å². The highest BCUT2D eigenvalue weighted by Crippen LogP contribution is 2.31. The van der Waals surface area contributed by atoms with E-state index in [9.17, 15) is 13.2 Å². The van der Waals surface area contributed by atoms with Crippen molar-refractivity contribution in [1.82, 2.24) is 14.9 Å². The Bertz CT molecular complexity index is 1030. The molecule has 0 amide bonds. The molecule has 1 aromatic carbocycles. The zero-order valence-electron chi connectivity index (χ0n) is 20.8. The Morgan fingerprint density at radius 2 is 1.60 bits per heavy atom. The highest BCUT2D eigenvalue weighted by atomic mass is 19.4. The maximum Gasteiger partial charge on any atom is 0.490 e. The molecule has 2 aliphatic heterocycles. The number of carbonyl (C=O) groups is 1. The number of carboxylic acids is 1. The minimum atomic E-state index is -5.08. The molecular formula is C25H34F3N5O2. The van der Waals surface area contributed by atoms with E-state index < -0.39 is 12.1 Å². The SMILES string of the molecule is Cc1cc(C)c(Nc2nc(C)c3c(n2)N(CCN2CCCCC2)CC3)c(C)c1.O=C(O)C(F)(F)F. The molecule has 0 unspecified atom stereocenters. The van der Waals surface area contributed by atoms with Gasteiger partial charge in [0.05, 0.1) is 0 Å². The summed E-state index contributed by atoms with van der Waals surface area (Å²) in [4.78, 5) is 23.7. The number of piperidine rings is 1. The van der Waals surface area contributed by atoms with Gasteiger partial charge in [0.1, 0.15) is 5.82 Å². The standard InChI is InChI=1S/C23H33N5.C2HF3O2/c1-16-14-17(2)21(18(3)15-16)25-23-24-19(4)20-8-11-28(22(20)26-23)13-12-27-9-6-5-7-10-27;3-2(4,5)1(6)7/h14-15H,5-13H2,1-4H3,(H,24,25,26);(H,6,7). The van der Waals surface area contributed by atoms with Crippen molar-refractivity contribution < 1.29 is 23.1 Å². The summed E-state index contributed by atoms with van der Waals surface area (Å²) < 4.78 is 31.7. The minimum absolute atomic E-state index is 0.719. The number of carboxylic acid groups (broad SMARTS) is 1. The van der Waals surface area contributed by atoms with Gasteiger partial charge in [-0.2, -0.15) is 18.2 Å². The molecule has 1 fully saturated rings. The number of alkyl halides is 3. The summed E-state index contributed by atoms with van der Waals surface area (Å²) in [6, 6.07) is 4.42. The number of aromatic nitrogens is 2. The molecule has 0 aliphatic carbocycles. The molecule has 0 radical (unpaired) electrons. The predicted molar refractivity (Wildman–Crippen MR) is 131 cm³/mol. The maximum atomic E-state index is 10.6. The Balaban J connectivity index is 0.000000429. The molecule has 0 atom stereocenters. The number of rotatable bonds is 5. The van der Waals surface area contributed by atoms with E-state index in [0.29, 0.717) is 0 Å². The van der Waals surface area contributed by atoms with Crippen LogP contribution in [0.25, 0.3) is 0 Å². The van der Waals surface area contributed by atoms with Crippen molar-refractivity contribution in [2.75, 3.05) is 42.9 Å². The molecule has 4 rings (SSSR count). The monoisotopic (exact) mass is 493 g/mol. The lowest BCUT2D eigenvalue weighted by Gasteiger charge is -2.29. The summed E-state index contributed by atoms with van der Waals surface area (Å²) in [6.07, 6.45) is 0.0642. The van der Waals surface area contributed by atoms with Crippen LogP contribution in [0.4, 0.5) is 30.6 Å². The van der Waals surface area contributed by atoms with Gasteiger partial charge < -0.3 is 20.2 Å². The van der Waals surface area contributed by atoms with Crippen LogP contribution in [0.3, 0.4) is 0 Å². The first-order chi connectivity index (χ1) is 16.5. The van der Waals surface area contributed by atoms with Gasteiger partial charge in [-0.1, -0.05) is 24.1 Å². The number of hydrogen-bond donors (Lipinski definition) is 2. The summed E-state index contributed by atoms with van der Waals surface area (Å²) in [6.45, 7) is 14.3. The van der Waals surface area contributed by atoms with Gasteiger partial charge in [0, 0.05) is 36.6 Å². The van der Waals surface area contributed by atoms with E-state index >= 15 is 0 Å². The molecule has 10 heteroatoms. The second kappa shape index (κ2) is 11.2. The van der Waals surface area contributed by atoms with Gasteiger partial charge >= 0.3 is 12.1 Å². The Labute approximate surface area is 204 Å². The molecule has 0 spiro atoms. The second-order valence-electron chi connectivity index (χ2n) is 9.28. The topological polar surface area (TPSA) is 81.6 Å². The van der Waals surface area contributed by atoms with Crippen molar-refractivity contribution in [1.29, 1.82) is 0 Å². The molecule has 0 saturated carbocycles. The van der Waals surface area contributed by atoms with Gasteiger partial charge in [-0.15, -0.1) is 0 Å².